The molecule has 0 aliphatic carbocycles. The lowest BCUT2D eigenvalue weighted by atomic mass is 10.1. The van der Waals surface area contributed by atoms with E-state index < -0.39 is 5.97 Å². The van der Waals surface area contributed by atoms with Gasteiger partial charge in [-0.15, -0.1) is 0 Å². The molecule has 0 radical (unpaired) electrons. The van der Waals surface area contributed by atoms with Crippen molar-refractivity contribution in [3.63, 3.8) is 0 Å². The van der Waals surface area contributed by atoms with Crippen LogP contribution in [0.1, 0.15) is 17.7 Å². The topological polar surface area (TPSA) is 42.2 Å². The second-order valence-corrected chi connectivity index (χ2v) is 4.39. The lowest BCUT2D eigenvalue weighted by Gasteiger charge is -2.06. The molecule has 0 amide bonds. The Kier molecular flexibility index (Phi) is 4.56. The molecular weight excluding hydrogens is 238 g/mol. The Labute approximate surface area is 112 Å². The zero-order valence-electron chi connectivity index (χ0n) is 10.7. The summed E-state index contributed by atoms with van der Waals surface area (Å²) in [4.78, 5) is 10.5. The summed E-state index contributed by atoms with van der Waals surface area (Å²) in [6.45, 7) is 0.890. The van der Waals surface area contributed by atoms with Crippen LogP contribution in [0.3, 0.4) is 0 Å². The van der Waals surface area contributed by atoms with E-state index in [0.29, 0.717) is 0 Å². The normalized spacial score (nSPS) is 10.9. The smallest absolute Gasteiger partial charge is 0.328 e. The molecule has 3 nitrogen and oxygen atoms in total. The van der Waals surface area contributed by atoms with Crippen LogP contribution in [-0.4, -0.2) is 15.6 Å². The quantitative estimate of drug-likeness (QED) is 0.805. The molecule has 0 spiro atoms. The van der Waals surface area contributed by atoms with Gasteiger partial charge in [-0.25, -0.2) is 4.79 Å². The van der Waals surface area contributed by atoms with E-state index in [-0.39, 0.29) is 0 Å². The fourth-order valence-corrected chi connectivity index (χ4v) is 2.04. The molecule has 0 aliphatic rings. The molecule has 1 aromatic heterocycles. The summed E-state index contributed by atoms with van der Waals surface area (Å²) in [5.41, 5.74) is 2.26. The van der Waals surface area contributed by atoms with E-state index >= 15 is 0 Å². The van der Waals surface area contributed by atoms with Crippen LogP contribution in [-0.2, 0) is 17.8 Å². The number of hydrogen-bond acceptors (Lipinski definition) is 1. The lowest BCUT2D eigenvalue weighted by Crippen LogP contribution is -2.00. The maximum absolute atomic E-state index is 10.5. The molecule has 2 aromatic rings. The Morgan fingerprint density at radius 1 is 1.16 bits per heavy atom. The molecule has 1 heterocycles. The number of aliphatic carboxylic acids is 1. The van der Waals surface area contributed by atoms with Gasteiger partial charge in [-0.3, -0.25) is 0 Å². The molecule has 0 saturated carbocycles. The predicted molar refractivity (Wildman–Crippen MR) is 75.9 cm³/mol. The number of carboxylic acid groups (broad SMARTS) is 1. The van der Waals surface area contributed by atoms with Gasteiger partial charge in [0.05, 0.1) is 0 Å². The highest BCUT2D eigenvalue weighted by molar-refractivity contribution is 5.84. The number of hydrogen-bond donors (Lipinski definition) is 1. The van der Waals surface area contributed by atoms with Crippen molar-refractivity contribution in [2.45, 2.75) is 19.4 Å². The molecule has 2 rings (SSSR count). The van der Waals surface area contributed by atoms with Gasteiger partial charge in [-0.2, -0.15) is 0 Å². The minimum absolute atomic E-state index is 0.890. The van der Waals surface area contributed by atoms with Gasteiger partial charge < -0.3 is 9.67 Å². The van der Waals surface area contributed by atoms with Crippen molar-refractivity contribution in [3.05, 3.63) is 66.0 Å². The standard InChI is InChI=1S/C16H17NO2/c18-16(19)11-10-15-9-5-13-17(15)12-4-8-14-6-2-1-3-7-14/h1-3,5-7,9-11,13H,4,8,12H2,(H,18,19)/b11-10+. The average Bonchev–Trinajstić information content (AvgIpc) is 2.85. The monoisotopic (exact) mass is 255 g/mol. The number of carbonyl (C=O) groups is 1. The van der Waals surface area contributed by atoms with Crippen LogP contribution in [0, 0.1) is 0 Å². The highest BCUT2D eigenvalue weighted by Crippen LogP contribution is 2.08. The van der Waals surface area contributed by atoms with E-state index in [4.69, 9.17) is 5.11 Å². The second kappa shape index (κ2) is 6.59. The Balaban J connectivity index is 1.90. The van der Waals surface area contributed by atoms with Crippen molar-refractivity contribution < 1.29 is 9.90 Å². The van der Waals surface area contributed by atoms with Gasteiger partial charge in [-0.1, -0.05) is 30.3 Å². The van der Waals surface area contributed by atoms with E-state index in [0.717, 1.165) is 25.1 Å². The third kappa shape index (κ3) is 4.14. The van der Waals surface area contributed by atoms with Gasteiger partial charge in [0, 0.05) is 24.5 Å². The third-order valence-electron chi connectivity index (χ3n) is 2.97. The van der Waals surface area contributed by atoms with E-state index in [9.17, 15) is 4.79 Å². The van der Waals surface area contributed by atoms with Crippen molar-refractivity contribution in [1.29, 1.82) is 0 Å². The molecule has 0 bridgehead atoms. The molecule has 1 N–H and O–H groups in total. The summed E-state index contributed by atoms with van der Waals surface area (Å²) in [6, 6.07) is 14.2. The van der Waals surface area contributed by atoms with Gasteiger partial charge in [0.2, 0.25) is 0 Å². The highest BCUT2D eigenvalue weighted by Gasteiger charge is 1.99. The first-order valence-corrected chi connectivity index (χ1v) is 6.36. The van der Waals surface area contributed by atoms with Crippen molar-refractivity contribution in [2.75, 3.05) is 0 Å². The molecule has 0 unspecified atom stereocenters. The van der Waals surface area contributed by atoms with Crippen LogP contribution in [0.4, 0.5) is 0 Å². The first kappa shape index (κ1) is 13.1. The first-order valence-electron chi connectivity index (χ1n) is 6.36. The summed E-state index contributed by atoms with van der Waals surface area (Å²) >= 11 is 0. The Morgan fingerprint density at radius 2 is 1.95 bits per heavy atom. The molecule has 0 fully saturated rings. The van der Waals surface area contributed by atoms with Gasteiger partial charge >= 0.3 is 5.97 Å². The number of carboxylic acids is 1. The number of rotatable bonds is 6. The van der Waals surface area contributed by atoms with Crippen LogP contribution in [0.25, 0.3) is 6.08 Å². The van der Waals surface area contributed by atoms with E-state index in [1.807, 2.05) is 36.5 Å². The van der Waals surface area contributed by atoms with Crippen molar-refractivity contribution in [1.82, 2.24) is 4.57 Å². The van der Waals surface area contributed by atoms with Crippen LogP contribution >= 0.6 is 0 Å². The van der Waals surface area contributed by atoms with Crippen LogP contribution < -0.4 is 0 Å². The highest BCUT2D eigenvalue weighted by atomic mass is 16.4. The number of benzene rings is 1. The van der Waals surface area contributed by atoms with Crippen molar-refractivity contribution in [3.8, 4) is 0 Å². The number of aromatic nitrogens is 1. The SMILES string of the molecule is O=C(O)/C=C/c1cccn1CCCc1ccccc1. The summed E-state index contributed by atoms with van der Waals surface area (Å²) < 4.78 is 2.07. The summed E-state index contributed by atoms with van der Waals surface area (Å²) in [5, 5.41) is 8.63. The number of aryl methyl sites for hydroxylation is 2. The maximum Gasteiger partial charge on any atom is 0.328 e. The minimum Gasteiger partial charge on any atom is -0.478 e. The van der Waals surface area contributed by atoms with Crippen molar-refractivity contribution >= 4 is 12.0 Å². The molecular formula is C16H17NO2. The Hall–Kier alpha value is -2.29. The van der Waals surface area contributed by atoms with E-state index in [1.165, 1.54) is 11.6 Å². The average molecular weight is 255 g/mol. The molecule has 0 atom stereocenters. The Morgan fingerprint density at radius 3 is 2.68 bits per heavy atom. The van der Waals surface area contributed by atoms with Crippen molar-refractivity contribution in [2.24, 2.45) is 0 Å². The van der Waals surface area contributed by atoms with Gasteiger partial charge in [0.1, 0.15) is 0 Å². The first-order chi connectivity index (χ1) is 9.25. The molecule has 98 valence electrons. The second-order valence-electron chi connectivity index (χ2n) is 4.39. The fraction of sp³-hybridized carbons (Fsp3) is 0.188. The summed E-state index contributed by atoms with van der Waals surface area (Å²) in [6.07, 6.45) is 6.84. The van der Waals surface area contributed by atoms with E-state index in [2.05, 4.69) is 16.7 Å². The zero-order chi connectivity index (χ0) is 13.5. The molecule has 0 saturated heterocycles. The van der Waals surface area contributed by atoms with Crippen LogP contribution in [0.5, 0.6) is 0 Å². The Bertz CT molecular complexity index is 555. The number of nitrogens with zero attached hydrogens (tertiary/aromatic N) is 1. The van der Waals surface area contributed by atoms with Gasteiger partial charge in [0.25, 0.3) is 0 Å². The summed E-state index contributed by atoms with van der Waals surface area (Å²) in [5.74, 6) is -0.919. The van der Waals surface area contributed by atoms with Crippen LogP contribution in [0.2, 0.25) is 0 Å². The third-order valence-corrected chi connectivity index (χ3v) is 2.97. The summed E-state index contributed by atoms with van der Waals surface area (Å²) in [7, 11) is 0. The molecule has 3 heteroatoms. The lowest BCUT2D eigenvalue weighted by molar-refractivity contribution is -0.131. The predicted octanol–water partition coefficient (Wildman–Crippen LogP) is 3.22. The van der Waals surface area contributed by atoms with Gasteiger partial charge in [0.15, 0.2) is 0 Å². The van der Waals surface area contributed by atoms with Crippen LogP contribution in [0.15, 0.2) is 54.7 Å². The van der Waals surface area contributed by atoms with Gasteiger partial charge in [-0.05, 0) is 36.6 Å². The van der Waals surface area contributed by atoms with E-state index in [1.54, 1.807) is 6.08 Å². The minimum atomic E-state index is -0.919. The zero-order valence-corrected chi connectivity index (χ0v) is 10.7. The molecule has 1 aromatic carbocycles. The largest absolute Gasteiger partial charge is 0.478 e. The maximum atomic E-state index is 10.5. The molecule has 0 aliphatic heterocycles. The fourth-order valence-electron chi connectivity index (χ4n) is 2.04. The molecule has 19 heavy (non-hydrogen) atoms.